The summed E-state index contributed by atoms with van der Waals surface area (Å²) in [5.74, 6) is 0.571. The third-order valence-electron chi connectivity index (χ3n) is 7.49. The summed E-state index contributed by atoms with van der Waals surface area (Å²) in [6.07, 6.45) is 3.39. The Labute approximate surface area is 226 Å². The summed E-state index contributed by atoms with van der Waals surface area (Å²) in [7, 11) is 0. The molecule has 0 aromatic heterocycles. The molecule has 0 unspecified atom stereocenters. The fraction of sp³-hybridized carbons (Fsp3) is 0.581. The molecule has 0 spiro atoms. The number of hydrogen-bond donors (Lipinski definition) is 1. The number of nitrogens with zero attached hydrogens (tertiary/aromatic N) is 1. The number of ketones is 1. The average Bonchev–Trinajstić information content (AvgIpc) is 3.36. The predicted octanol–water partition coefficient (Wildman–Crippen LogP) is 5.28. The number of alkyl halides is 1. The standard InChI is InChI=1S/C31H42FNO5/c32-27-13-16-33(22-27)21-26(20-28(34)8-4-5-17-37-30-14-18-36-19-15-30)31(35)25-9-11-29(12-10-25)38-23-24-6-2-1-3-7-24/h1-3,6-7,9-12,26-27,30-31,35H,4-5,8,13-23H2/t26-,27-,31-/m1/s1. The van der Waals surface area contributed by atoms with E-state index in [1.807, 2.05) is 59.5 Å². The minimum Gasteiger partial charge on any atom is -0.489 e. The van der Waals surface area contributed by atoms with Crippen LogP contribution in [0.2, 0.25) is 0 Å². The Morgan fingerprint density at radius 3 is 2.53 bits per heavy atom. The number of benzene rings is 2. The highest BCUT2D eigenvalue weighted by atomic mass is 19.1. The molecule has 7 heteroatoms. The molecule has 2 fully saturated rings. The maximum Gasteiger partial charge on any atom is 0.133 e. The zero-order valence-corrected chi connectivity index (χ0v) is 22.3. The van der Waals surface area contributed by atoms with E-state index in [9.17, 15) is 14.3 Å². The second kappa shape index (κ2) is 15.3. The van der Waals surface area contributed by atoms with Crippen molar-refractivity contribution in [2.75, 3.05) is 39.5 Å². The Morgan fingerprint density at radius 2 is 1.82 bits per heavy atom. The Balaban J connectivity index is 1.27. The number of aliphatic hydroxyl groups excluding tert-OH is 1. The van der Waals surface area contributed by atoms with Gasteiger partial charge < -0.3 is 19.3 Å². The van der Waals surface area contributed by atoms with Crippen LogP contribution in [0.25, 0.3) is 0 Å². The first-order valence-corrected chi connectivity index (χ1v) is 14.1. The molecular weight excluding hydrogens is 485 g/mol. The number of aliphatic hydroxyl groups is 1. The molecule has 2 aromatic rings. The first-order chi connectivity index (χ1) is 18.6. The van der Waals surface area contributed by atoms with Crippen LogP contribution in [0.15, 0.2) is 54.6 Å². The predicted molar refractivity (Wildman–Crippen MR) is 145 cm³/mol. The summed E-state index contributed by atoms with van der Waals surface area (Å²) < 4.78 is 31.0. The van der Waals surface area contributed by atoms with Gasteiger partial charge in [0.2, 0.25) is 0 Å². The molecule has 2 saturated heterocycles. The van der Waals surface area contributed by atoms with E-state index in [0.717, 1.165) is 55.8 Å². The van der Waals surface area contributed by atoms with Crippen molar-refractivity contribution < 1.29 is 28.5 Å². The van der Waals surface area contributed by atoms with Gasteiger partial charge >= 0.3 is 0 Å². The van der Waals surface area contributed by atoms with Gasteiger partial charge in [0.1, 0.15) is 24.3 Å². The number of ether oxygens (including phenoxy) is 3. The van der Waals surface area contributed by atoms with Crippen molar-refractivity contribution in [1.82, 2.24) is 4.90 Å². The number of halogens is 1. The molecule has 0 bridgehead atoms. The Hall–Kier alpha value is -2.32. The molecule has 0 saturated carbocycles. The quantitative estimate of drug-likeness (QED) is 0.318. The summed E-state index contributed by atoms with van der Waals surface area (Å²) in [6.45, 7) is 4.19. The lowest BCUT2D eigenvalue weighted by Gasteiger charge is -2.27. The maximum atomic E-state index is 13.8. The van der Waals surface area contributed by atoms with Gasteiger partial charge in [0.25, 0.3) is 0 Å². The lowest BCUT2D eigenvalue weighted by molar-refractivity contribution is -0.121. The van der Waals surface area contributed by atoms with Gasteiger partial charge in [-0.2, -0.15) is 0 Å². The molecule has 0 radical (unpaired) electrons. The molecule has 208 valence electrons. The molecule has 3 atom stereocenters. The van der Waals surface area contributed by atoms with Crippen LogP contribution in [-0.4, -0.2) is 67.5 Å². The molecule has 0 aliphatic carbocycles. The van der Waals surface area contributed by atoms with Gasteiger partial charge in [-0.15, -0.1) is 0 Å². The van der Waals surface area contributed by atoms with Crippen LogP contribution in [0.4, 0.5) is 4.39 Å². The van der Waals surface area contributed by atoms with Gasteiger partial charge in [0, 0.05) is 58.2 Å². The van der Waals surface area contributed by atoms with Crippen LogP contribution < -0.4 is 4.74 Å². The highest BCUT2D eigenvalue weighted by molar-refractivity contribution is 5.78. The van der Waals surface area contributed by atoms with Crippen LogP contribution in [0.5, 0.6) is 5.75 Å². The monoisotopic (exact) mass is 527 g/mol. The Bertz CT molecular complexity index is 951. The van der Waals surface area contributed by atoms with E-state index in [-0.39, 0.29) is 24.2 Å². The molecule has 6 nitrogen and oxygen atoms in total. The third kappa shape index (κ3) is 9.45. The topological polar surface area (TPSA) is 68.2 Å². The van der Waals surface area contributed by atoms with Crippen molar-refractivity contribution in [3.05, 3.63) is 65.7 Å². The Morgan fingerprint density at radius 1 is 1.05 bits per heavy atom. The zero-order valence-electron chi connectivity index (χ0n) is 22.3. The van der Waals surface area contributed by atoms with Gasteiger partial charge in [-0.1, -0.05) is 42.5 Å². The van der Waals surface area contributed by atoms with Crippen molar-refractivity contribution in [2.24, 2.45) is 5.92 Å². The summed E-state index contributed by atoms with van der Waals surface area (Å²) in [4.78, 5) is 14.9. The van der Waals surface area contributed by atoms with Crippen LogP contribution in [0.3, 0.4) is 0 Å². The lowest BCUT2D eigenvalue weighted by atomic mass is 9.89. The summed E-state index contributed by atoms with van der Waals surface area (Å²) >= 11 is 0. The van der Waals surface area contributed by atoms with Crippen LogP contribution in [-0.2, 0) is 20.9 Å². The van der Waals surface area contributed by atoms with Crippen molar-refractivity contribution in [1.29, 1.82) is 0 Å². The second-order valence-corrected chi connectivity index (χ2v) is 10.6. The van der Waals surface area contributed by atoms with E-state index in [4.69, 9.17) is 14.2 Å². The number of carbonyl (C=O) groups is 1. The number of rotatable bonds is 15. The highest BCUT2D eigenvalue weighted by Crippen LogP contribution is 2.29. The number of hydrogen-bond acceptors (Lipinski definition) is 6. The van der Waals surface area contributed by atoms with Crippen LogP contribution in [0, 0.1) is 5.92 Å². The number of unbranched alkanes of at least 4 members (excludes halogenated alkanes) is 1. The van der Waals surface area contributed by atoms with Crippen molar-refractivity contribution >= 4 is 5.78 Å². The molecule has 38 heavy (non-hydrogen) atoms. The van der Waals surface area contributed by atoms with Crippen LogP contribution in [0.1, 0.15) is 62.2 Å². The summed E-state index contributed by atoms with van der Waals surface area (Å²) in [5, 5.41) is 11.3. The van der Waals surface area contributed by atoms with Gasteiger partial charge in [-0.3, -0.25) is 9.69 Å². The lowest BCUT2D eigenvalue weighted by Crippen LogP contribution is -2.32. The van der Waals surface area contributed by atoms with Crippen molar-refractivity contribution in [3.8, 4) is 5.75 Å². The largest absolute Gasteiger partial charge is 0.489 e. The van der Waals surface area contributed by atoms with Gasteiger partial charge in [0.15, 0.2) is 0 Å². The normalized spacial score (nSPS) is 20.3. The minimum atomic E-state index is -0.833. The maximum absolute atomic E-state index is 13.8. The fourth-order valence-electron chi connectivity index (χ4n) is 5.24. The van der Waals surface area contributed by atoms with E-state index in [1.165, 1.54) is 0 Å². The number of carbonyl (C=O) groups excluding carboxylic acids is 1. The van der Waals surface area contributed by atoms with E-state index >= 15 is 0 Å². The first kappa shape index (κ1) is 28.7. The highest BCUT2D eigenvalue weighted by Gasteiger charge is 2.30. The average molecular weight is 528 g/mol. The minimum absolute atomic E-state index is 0.138. The number of Topliss-reactive ketones (excluding diaryl/α,β-unsaturated/α-hetero) is 1. The van der Waals surface area contributed by atoms with Gasteiger partial charge in [-0.25, -0.2) is 4.39 Å². The van der Waals surface area contributed by atoms with Crippen molar-refractivity contribution in [2.45, 2.75) is 69.9 Å². The van der Waals surface area contributed by atoms with E-state index in [2.05, 4.69) is 0 Å². The molecule has 2 aliphatic heterocycles. The molecule has 2 aliphatic rings. The van der Waals surface area contributed by atoms with Crippen molar-refractivity contribution in [3.63, 3.8) is 0 Å². The molecule has 4 rings (SSSR count). The van der Waals surface area contributed by atoms with E-state index in [1.54, 1.807) is 0 Å². The van der Waals surface area contributed by atoms with Gasteiger partial charge in [-0.05, 0) is 55.4 Å². The SMILES string of the molecule is O=C(CCCCOC1CCOCC1)C[C@H](CN1CC[C@@H](F)C1)[C@H](O)c1ccc(OCc2ccccc2)cc1. The zero-order chi connectivity index (χ0) is 26.6. The van der Waals surface area contributed by atoms with E-state index in [0.29, 0.717) is 45.7 Å². The van der Waals surface area contributed by atoms with E-state index < -0.39 is 12.3 Å². The summed E-state index contributed by atoms with van der Waals surface area (Å²) in [6, 6.07) is 17.4. The Kier molecular flexibility index (Phi) is 11.6. The molecule has 0 amide bonds. The second-order valence-electron chi connectivity index (χ2n) is 10.6. The molecule has 1 N–H and O–H groups in total. The number of likely N-dealkylation sites (tertiary alicyclic amines) is 1. The van der Waals surface area contributed by atoms with Crippen LogP contribution >= 0.6 is 0 Å². The molecule has 2 aromatic carbocycles. The molecular formula is C31H42FNO5. The fourth-order valence-corrected chi connectivity index (χ4v) is 5.24. The summed E-state index contributed by atoms with van der Waals surface area (Å²) in [5.41, 5.74) is 1.83. The van der Waals surface area contributed by atoms with Gasteiger partial charge in [0.05, 0.1) is 12.2 Å². The first-order valence-electron chi connectivity index (χ1n) is 14.1. The smallest absolute Gasteiger partial charge is 0.133 e. The molecule has 2 heterocycles. The third-order valence-corrected chi connectivity index (χ3v) is 7.49.